The number of sulfonamides is 1. The summed E-state index contributed by atoms with van der Waals surface area (Å²) in [5, 5.41) is 6.66. The molecule has 0 saturated carbocycles. The number of rotatable bonds is 3. The van der Waals surface area contributed by atoms with Gasteiger partial charge in [0.15, 0.2) is 5.82 Å². The Kier molecular flexibility index (Phi) is 3.84. The minimum atomic E-state index is -3.66. The van der Waals surface area contributed by atoms with Crippen molar-refractivity contribution in [2.45, 2.75) is 46.4 Å². The summed E-state index contributed by atoms with van der Waals surface area (Å²) < 4.78 is 27.9. The SMILES string of the molecule is Cc1cc(NS(=O)(=O)c2c(C)c(C)c(C)c(C)c2C)n[nH]1. The Morgan fingerprint density at radius 2 is 1.38 bits per heavy atom. The highest BCUT2D eigenvalue weighted by Gasteiger charge is 2.24. The summed E-state index contributed by atoms with van der Waals surface area (Å²) in [6, 6.07) is 1.66. The minimum Gasteiger partial charge on any atom is -0.281 e. The molecular formula is C15H21N3O2S. The Morgan fingerprint density at radius 3 is 1.81 bits per heavy atom. The number of benzene rings is 1. The molecule has 0 aliphatic rings. The van der Waals surface area contributed by atoms with Gasteiger partial charge in [0.05, 0.1) is 4.90 Å². The van der Waals surface area contributed by atoms with Crippen LogP contribution in [-0.4, -0.2) is 18.6 Å². The summed E-state index contributed by atoms with van der Waals surface area (Å²) in [7, 11) is -3.66. The third kappa shape index (κ3) is 2.68. The maximum Gasteiger partial charge on any atom is 0.263 e. The van der Waals surface area contributed by atoms with Crippen molar-refractivity contribution in [2.75, 3.05) is 4.72 Å². The largest absolute Gasteiger partial charge is 0.281 e. The number of H-pyrrole nitrogens is 1. The quantitative estimate of drug-likeness (QED) is 0.915. The van der Waals surface area contributed by atoms with E-state index in [2.05, 4.69) is 14.9 Å². The highest BCUT2D eigenvalue weighted by Crippen LogP contribution is 2.30. The van der Waals surface area contributed by atoms with Crippen molar-refractivity contribution < 1.29 is 8.42 Å². The fourth-order valence-corrected chi connectivity index (χ4v) is 4.12. The molecule has 0 unspecified atom stereocenters. The lowest BCUT2D eigenvalue weighted by molar-refractivity contribution is 0.599. The van der Waals surface area contributed by atoms with Gasteiger partial charge in [-0.05, 0) is 69.4 Å². The van der Waals surface area contributed by atoms with Crippen molar-refractivity contribution in [1.82, 2.24) is 10.2 Å². The van der Waals surface area contributed by atoms with Gasteiger partial charge in [-0.1, -0.05) is 0 Å². The molecule has 0 radical (unpaired) electrons. The first kappa shape index (κ1) is 15.6. The van der Waals surface area contributed by atoms with E-state index in [1.807, 2.05) is 41.5 Å². The molecule has 1 aromatic carbocycles. The van der Waals surface area contributed by atoms with Crippen molar-refractivity contribution in [3.05, 3.63) is 39.6 Å². The number of anilines is 1. The molecule has 0 atom stereocenters. The van der Waals surface area contributed by atoms with Crippen LogP contribution in [-0.2, 0) is 10.0 Å². The molecule has 0 fully saturated rings. The lowest BCUT2D eigenvalue weighted by Gasteiger charge is -2.18. The smallest absolute Gasteiger partial charge is 0.263 e. The molecule has 114 valence electrons. The number of aromatic amines is 1. The van der Waals surface area contributed by atoms with E-state index in [9.17, 15) is 8.42 Å². The number of nitrogens with zero attached hydrogens (tertiary/aromatic N) is 1. The zero-order valence-corrected chi connectivity index (χ0v) is 14.1. The van der Waals surface area contributed by atoms with Crippen LogP contribution in [0.15, 0.2) is 11.0 Å². The molecule has 0 aliphatic carbocycles. The van der Waals surface area contributed by atoms with Gasteiger partial charge in [0.2, 0.25) is 0 Å². The molecule has 0 spiro atoms. The molecule has 6 heteroatoms. The lowest BCUT2D eigenvalue weighted by atomic mass is 9.95. The molecule has 5 nitrogen and oxygen atoms in total. The van der Waals surface area contributed by atoms with Crippen LogP contribution < -0.4 is 4.72 Å². The van der Waals surface area contributed by atoms with Crippen LogP contribution in [0.4, 0.5) is 5.82 Å². The van der Waals surface area contributed by atoms with Crippen LogP contribution >= 0.6 is 0 Å². The van der Waals surface area contributed by atoms with Gasteiger partial charge in [-0.15, -0.1) is 0 Å². The number of hydrogen-bond donors (Lipinski definition) is 2. The number of aromatic nitrogens is 2. The van der Waals surface area contributed by atoms with E-state index < -0.39 is 10.0 Å². The third-order valence-corrected chi connectivity index (χ3v) is 5.77. The zero-order chi connectivity index (χ0) is 15.9. The first-order chi connectivity index (χ1) is 9.65. The predicted molar refractivity (Wildman–Crippen MR) is 84.3 cm³/mol. The van der Waals surface area contributed by atoms with Crippen LogP contribution in [0.1, 0.15) is 33.5 Å². The van der Waals surface area contributed by atoms with E-state index >= 15 is 0 Å². The first-order valence-corrected chi connectivity index (χ1v) is 8.25. The zero-order valence-electron chi connectivity index (χ0n) is 13.2. The molecule has 2 N–H and O–H groups in total. The van der Waals surface area contributed by atoms with E-state index in [0.29, 0.717) is 10.7 Å². The molecule has 0 bridgehead atoms. The molecule has 0 aliphatic heterocycles. The molecular weight excluding hydrogens is 286 g/mol. The average molecular weight is 307 g/mol. The number of hydrogen-bond acceptors (Lipinski definition) is 3. The Morgan fingerprint density at radius 1 is 0.905 bits per heavy atom. The van der Waals surface area contributed by atoms with E-state index in [0.717, 1.165) is 33.5 Å². The average Bonchev–Trinajstić information content (AvgIpc) is 2.78. The summed E-state index contributed by atoms with van der Waals surface area (Å²) in [4.78, 5) is 0.351. The minimum absolute atomic E-state index is 0.308. The van der Waals surface area contributed by atoms with Crippen molar-refractivity contribution >= 4 is 15.8 Å². The van der Waals surface area contributed by atoms with E-state index in [1.54, 1.807) is 6.07 Å². The molecule has 1 heterocycles. The Bertz CT molecular complexity index is 776. The Labute approximate surface area is 125 Å². The second-order valence-corrected chi connectivity index (χ2v) is 7.12. The van der Waals surface area contributed by atoms with Gasteiger partial charge >= 0.3 is 0 Å². The standard InChI is InChI=1S/C15H21N3O2S/c1-8-7-14(17-16-8)18-21(19,20)15-12(5)10(3)9(2)11(4)13(15)6/h7H,1-6H3,(H2,16,17,18). The van der Waals surface area contributed by atoms with Crippen molar-refractivity contribution in [1.29, 1.82) is 0 Å². The second-order valence-electron chi connectivity index (χ2n) is 5.50. The van der Waals surface area contributed by atoms with Gasteiger partial charge < -0.3 is 0 Å². The first-order valence-electron chi connectivity index (χ1n) is 6.77. The lowest BCUT2D eigenvalue weighted by Crippen LogP contribution is -2.18. The van der Waals surface area contributed by atoms with Crippen molar-refractivity contribution in [3.63, 3.8) is 0 Å². The Hall–Kier alpha value is -1.82. The summed E-state index contributed by atoms with van der Waals surface area (Å²) >= 11 is 0. The maximum absolute atomic E-state index is 12.7. The van der Waals surface area contributed by atoms with Crippen LogP contribution in [0.3, 0.4) is 0 Å². The molecule has 0 amide bonds. The summed E-state index contributed by atoms with van der Waals surface area (Å²) in [5.41, 5.74) is 5.54. The van der Waals surface area contributed by atoms with Crippen LogP contribution in [0.2, 0.25) is 0 Å². The predicted octanol–water partition coefficient (Wildman–Crippen LogP) is 3.06. The van der Waals surface area contributed by atoms with Crippen molar-refractivity contribution in [3.8, 4) is 0 Å². The fourth-order valence-electron chi connectivity index (χ4n) is 2.53. The summed E-state index contributed by atoms with van der Waals surface area (Å²) in [6.45, 7) is 11.4. The highest BCUT2D eigenvalue weighted by molar-refractivity contribution is 7.92. The van der Waals surface area contributed by atoms with E-state index in [-0.39, 0.29) is 0 Å². The van der Waals surface area contributed by atoms with Crippen molar-refractivity contribution in [2.24, 2.45) is 0 Å². The normalized spacial score (nSPS) is 11.7. The maximum atomic E-state index is 12.7. The van der Waals surface area contributed by atoms with E-state index in [4.69, 9.17) is 0 Å². The van der Waals surface area contributed by atoms with Crippen LogP contribution in [0.5, 0.6) is 0 Å². The monoisotopic (exact) mass is 307 g/mol. The van der Waals surface area contributed by atoms with Gasteiger partial charge in [0, 0.05) is 11.8 Å². The second kappa shape index (κ2) is 5.18. The van der Waals surface area contributed by atoms with Gasteiger partial charge in [-0.2, -0.15) is 5.10 Å². The van der Waals surface area contributed by atoms with Crippen LogP contribution in [0, 0.1) is 41.5 Å². The highest BCUT2D eigenvalue weighted by atomic mass is 32.2. The molecule has 0 saturated heterocycles. The fraction of sp³-hybridized carbons (Fsp3) is 0.400. The summed E-state index contributed by atoms with van der Waals surface area (Å²) in [6.07, 6.45) is 0. The summed E-state index contributed by atoms with van der Waals surface area (Å²) in [5.74, 6) is 0.308. The molecule has 21 heavy (non-hydrogen) atoms. The third-order valence-electron chi connectivity index (χ3n) is 4.14. The number of aryl methyl sites for hydroxylation is 1. The van der Waals surface area contributed by atoms with Crippen LogP contribution in [0.25, 0.3) is 0 Å². The molecule has 2 rings (SSSR count). The molecule has 1 aromatic heterocycles. The Balaban J connectivity index is 2.60. The molecule has 2 aromatic rings. The number of nitrogens with one attached hydrogen (secondary N) is 2. The van der Waals surface area contributed by atoms with Gasteiger partial charge in [-0.3, -0.25) is 9.82 Å². The van der Waals surface area contributed by atoms with Gasteiger partial charge in [0.1, 0.15) is 0 Å². The van der Waals surface area contributed by atoms with E-state index in [1.165, 1.54) is 0 Å². The van der Waals surface area contributed by atoms with Gasteiger partial charge in [0.25, 0.3) is 10.0 Å². The topological polar surface area (TPSA) is 74.8 Å². The van der Waals surface area contributed by atoms with Gasteiger partial charge in [-0.25, -0.2) is 8.42 Å².